The second-order valence-corrected chi connectivity index (χ2v) is 6.56. The Morgan fingerprint density at radius 2 is 2.14 bits per heavy atom. The molecule has 1 N–H and O–H groups in total. The molecule has 1 unspecified atom stereocenters. The highest BCUT2D eigenvalue weighted by molar-refractivity contribution is 7.16. The van der Waals surface area contributed by atoms with Gasteiger partial charge in [-0.2, -0.15) is 0 Å². The lowest BCUT2D eigenvalue weighted by Gasteiger charge is -2.09. The molecule has 0 radical (unpaired) electrons. The van der Waals surface area contributed by atoms with Crippen molar-refractivity contribution >= 4 is 34.9 Å². The molecule has 0 bridgehead atoms. The topological polar surface area (TPSA) is 47.6 Å². The lowest BCUT2D eigenvalue weighted by Crippen LogP contribution is -2.23. The van der Waals surface area contributed by atoms with E-state index in [-0.39, 0.29) is 18.7 Å². The highest BCUT2D eigenvalue weighted by Crippen LogP contribution is 2.32. The predicted octanol–water partition coefficient (Wildman–Crippen LogP) is 4.02. The molecule has 0 aliphatic carbocycles. The molecular weight excluding hydrogens is 322 g/mol. The first-order valence-corrected chi connectivity index (χ1v) is 7.95. The lowest BCUT2D eigenvalue weighted by molar-refractivity contribution is -0.117. The Kier molecular flexibility index (Phi) is 4.36. The Balaban J connectivity index is 1.61. The van der Waals surface area contributed by atoms with Crippen LogP contribution in [-0.2, 0) is 4.79 Å². The second kappa shape index (κ2) is 6.42. The molecule has 1 aromatic carbocycles. The minimum absolute atomic E-state index is 0.0774. The predicted molar refractivity (Wildman–Crippen MR) is 87.5 cm³/mol. The van der Waals surface area contributed by atoms with E-state index < -0.39 is 0 Å². The summed E-state index contributed by atoms with van der Waals surface area (Å²) in [6.45, 7) is 2.17. The van der Waals surface area contributed by atoms with E-state index in [1.165, 1.54) is 17.4 Å². The van der Waals surface area contributed by atoms with Gasteiger partial charge < -0.3 is 14.8 Å². The number of carbonyl (C=O) groups is 1. The van der Waals surface area contributed by atoms with Gasteiger partial charge in [-0.25, -0.2) is 0 Å². The van der Waals surface area contributed by atoms with Crippen molar-refractivity contribution in [1.82, 2.24) is 5.32 Å². The zero-order chi connectivity index (χ0) is 15.5. The number of hydrogen-bond acceptors (Lipinski definition) is 4. The molecule has 2 heterocycles. The van der Waals surface area contributed by atoms with Gasteiger partial charge in [-0.1, -0.05) is 17.7 Å². The number of benzene rings is 1. The molecule has 0 fully saturated rings. The Morgan fingerprint density at radius 1 is 1.32 bits per heavy atom. The van der Waals surface area contributed by atoms with E-state index in [0.29, 0.717) is 10.1 Å². The van der Waals surface area contributed by atoms with Gasteiger partial charge in [0.05, 0.1) is 10.4 Å². The third-order valence-corrected chi connectivity index (χ3v) is 4.62. The summed E-state index contributed by atoms with van der Waals surface area (Å²) in [4.78, 5) is 13.0. The van der Waals surface area contributed by atoms with E-state index in [4.69, 9.17) is 21.1 Å². The number of hydrogen-bond donors (Lipinski definition) is 1. The van der Waals surface area contributed by atoms with E-state index in [0.717, 1.165) is 16.2 Å². The minimum atomic E-state index is -0.158. The first-order valence-electron chi connectivity index (χ1n) is 6.75. The first kappa shape index (κ1) is 14.9. The van der Waals surface area contributed by atoms with Gasteiger partial charge in [-0.3, -0.25) is 4.79 Å². The quantitative estimate of drug-likeness (QED) is 0.858. The zero-order valence-electron chi connectivity index (χ0n) is 11.8. The maximum Gasteiger partial charge on any atom is 0.244 e. The largest absolute Gasteiger partial charge is 0.454 e. The Morgan fingerprint density at radius 3 is 2.91 bits per heavy atom. The van der Waals surface area contributed by atoms with Crippen molar-refractivity contribution in [2.75, 3.05) is 6.79 Å². The van der Waals surface area contributed by atoms with Gasteiger partial charge in [0.2, 0.25) is 12.7 Å². The van der Waals surface area contributed by atoms with Crippen LogP contribution in [0.1, 0.15) is 23.4 Å². The van der Waals surface area contributed by atoms with Crippen LogP contribution >= 0.6 is 22.9 Å². The molecule has 22 heavy (non-hydrogen) atoms. The van der Waals surface area contributed by atoms with Crippen LogP contribution in [0.5, 0.6) is 11.5 Å². The van der Waals surface area contributed by atoms with Gasteiger partial charge in [0.25, 0.3) is 0 Å². The zero-order valence-corrected chi connectivity index (χ0v) is 13.4. The number of fused-ring (bicyclic) bond motifs is 1. The molecule has 1 amide bonds. The Bertz CT molecular complexity index is 726. The third kappa shape index (κ3) is 3.43. The number of halogens is 1. The van der Waals surface area contributed by atoms with Crippen molar-refractivity contribution in [2.45, 2.75) is 13.0 Å². The van der Waals surface area contributed by atoms with Crippen molar-refractivity contribution in [2.24, 2.45) is 0 Å². The summed E-state index contributed by atoms with van der Waals surface area (Å²) in [5.74, 6) is 1.27. The summed E-state index contributed by atoms with van der Waals surface area (Å²) in [5, 5.41) is 2.90. The monoisotopic (exact) mass is 335 g/mol. The van der Waals surface area contributed by atoms with E-state index in [2.05, 4.69) is 5.32 Å². The molecular formula is C16H14ClNO3S. The summed E-state index contributed by atoms with van der Waals surface area (Å²) >= 11 is 7.36. The molecule has 1 aromatic heterocycles. The van der Waals surface area contributed by atoms with Crippen molar-refractivity contribution in [3.63, 3.8) is 0 Å². The van der Waals surface area contributed by atoms with Crippen LogP contribution in [0.15, 0.2) is 36.4 Å². The maximum absolute atomic E-state index is 12.0. The van der Waals surface area contributed by atoms with Crippen LogP contribution in [0.3, 0.4) is 0 Å². The van der Waals surface area contributed by atoms with E-state index >= 15 is 0 Å². The number of amides is 1. The van der Waals surface area contributed by atoms with Crippen LogP contribution in [0.2, 0.25) is 4.34 Å². The lowest BCUT2D eigenvalue weighted by atomic mass is 10.2. The van der Waals surface area contributed by atoms with Crippen LogP contribution in [-0.4, -0.2) is 12.7 Å². The molecule has 4 nitrogen and oxygen atoms in total. The van der Waals surface area contributed by atoms with Crippen LogP contribution in [0.25, 0.3) is 6.08 Å². The van der Waals surface area contributed by atoms with Crippen LogP contribution in [0.4, 0.5) is 0 Å². The average molecular weight is 336 g/mol. The number of nitrogens with one attached hydrogen (secondary N) is 1. The molecule has 0 saturated carbocycles. The fourth-order valence-corrected chi connectivity index (χ4v) is 3.15. The Hall–Kier alpha value is -1.98. The van der Waals surface area contributed by atoms with E-state index in [9.17, 15) is 4.79 Å². The molecule has 3 rings (SSSR count). The molecule has 1 aliphatic heterocycles. The van der Waals surface area contributed by atoms with Crippen LogP contribution in [0, 0.1) is 0 Å². The maximum atomic E-state index is 12.0. The fraction of sp³-hybridized carbons (Fsp3) is 0.188. The number of thiophene rings is 1. The van der Waals surface area contributed by atoms with E-state index in [1.807, 2.05) is 37.3 Å². The number of ether oxygens (including phenoxy) is 2. The summed E-state index contributed by atoms with van der Waals surface area (Å²) in [6, 6.07) is 9.21. The second-order valence-electron chi connectivity index (χ2n) is 4.82. The summed E-state index contributed by atoms with van der Waals surface area (Å²) in [7, 11) is 0. The minimum Gasteiger partial charge on any atom is -0.454 e. The average Bonchev–Trinajstić information content (AvgIpc) is 3.13. The number of carbonyl (C=O) groups excluding carboxylic acids is 1. The molecule has 114 valence electrons. The normalized spacial score (nSPS) is 14.3. The highest BCUT2D eigenvalue weighted by Gasteiger charge is 2.13. The van der Waals surface area contributed by atoms with Gasteiger partial charge >= 0.3 is 0 Å². The van der Waals surface area contributed by atoms with Gasteiger partial charge in [-0.15, -0.1) is 11.3 Å². The summed E-state index contributed by atoms with van der Waals surface area (Å²) in [5.41, 5.74) is 0.881. The van der Waals surface area contributed by atoms with Gasteiger partial charge in [0.1, 0.15) is 0 Å². The van der Waals surface area contributed by atoms with Crippen molar-refractivity contribution in [1.29, 1.82) is 0 Å². The fourth-order valence-electron chi connectivity index (χ4n) is 2.08. The Labute approximate surface area is 137 Å². The smallest absolute Gasteiger partial charge is 0.244 e. The van der Waals surface area contributed by atoms with Crippen molar-refractivity contribution in [3.8, 4) is 11.5 Å². The van der Waals surface area contributed by atoms with Crippen LogP contribution < -0.4 is 14.8 Å². The number of rotatable bonds is 4. The first-order chi connectivity index (χ1) is 10.6. The van der Waals surface area contributed by atoms with Crippen molar-refractivity contribution < 1.29 is 14.3 Å². The van der Waals surface area contributed by atoms with Gasteiger partial charge in [-0.05, 0) is 42.8 Å². The highest BCUT2D eigenvalue weighted by atomic mass is 35.5. The standard InChI is InChI=1S/C16H14ClNO3S/c1-10(14-5-6-15(17)22-14)18-16(19)7-3-11-2-4-12-13(8-11)21-9-20-12/h2-8,10H,9H2,1H3,(H,18,19)/b7-3+. The SMILES string of the molecule is CC(NC(=O)/C=C/c1ccc2c(c1)OCO2)c1ccc(Cl)s1. The van der Waals surface area contributed by atoms with Crippen molar-refractivity contribution in [3.05, 3.63) is 51.2 Å². The molecule has 0 spiro atoms. The van der Waals surface area contributed by atoms with Gasteiger partial charge in [0.15, 0.2) is 11.5 Å². The summed E-state index contributed by atoms with van der Waals surface area (Å²) < 4.78 is 11.3. The third-order valence-electron chi connectivity index (χ3n) is 3.20. The van der Waals surface area contributed by atoms with Gasteiger partial charge in [0, 0.05) is 11.0 Å². The van der Waals surface area contributed by atoms with E-state index in [1.54, 1.807) is 6.08 Å². The molecule has 6 heteroatoms. The molecule has 0 saturated heterocycles. The molecule has 1 aliphatic rings. The summed E-state index contributed by atoms with van der Waals surface area (Å²) in [6.07, 6.45) is 3.24. The molecule has 2 aromatic rings. The molecule has 1 atom stereocenters.